The van der Waals surface area contributed by atoms with E-state index in [0.717, 1.165) is 23.3 Å². The molecule has 0 spiro atoms. The molecule has 2 saturated carbocycles. The highest BCUT2D eigenvalue weighted by Gasteiger charge is 2.45. The van der Waals surface area contributed by atoms with Crippen LogP contribution in [0.4, 0.5) is 0 Å². The Hall–Kier alpha value is -0.0431. The van der Waals surface area contributed by atoms with Crippen LogP contribution in [0.15, 0.2) is 12.7 Å². The molecule has 2 bridgehead atoms. The highest BCUT2D eigenvalue weighted by Crippen LogP contribution is 2.54. The number of fused-ring (bicyclic) bond motifs is 2. The fourth-order valence-corrected chi connectivity index (χ4v) is 6.30. The Kier molecular flexibility index (Phi) is 2.63. The molecule has 0 heterocycles. The molecule has 0 aromatic carbocycles. The molecule has 0 nitrogen and oxygen atoms in total. The monoisotopic (exact) mass is 208 g/mol. The highest BCUT2D eigenvalue weighted by molar-refractivity contribution is 6.78. The molecular formula is C13H24Si. The van der Waals surface area contributed by atoms with Gasteiger partial charge in [0.2, 0.25) is 0 Å². The fourth-order valence-electron chi connectivity index (χ4n) is 3.90. The van der Waals surface area contributed by atoms with Gasteiger partial charge in [0.05, 0.1) is 8.07 Å². The zero-order valence-electron chi connectivity index (χ0n) is 9.92. The van der Waals surface area contributed by atoms with Gasteiger partial charge in [0.15, 0.2) is 0 Å². The Labute approximate surface area is 89.8 Å². The van der Waals surface area contributed by atoms with Gasteiger partial charge in [-0.15, -0.1) is 6.58 Å². The summed E-state index contributed by atoms with van der Waals surface area (Å²) in [5, 5.41) is 0. The smallest absolute Gasteiger partial charge is 0.0517 e. The summed E-state index contributed by atoms with van der Waals surface area (Å²) in [4.78, 5) is 0. The standard InChI is InChI=1S/C13H24Si/c1-5-13(14(2,3)4)12-9-10-6-7-11(12)8-10/h5,10-13H,1,6-9H2,2-4H3/t10-,11+,12+,13?/m0/s1. The fraction of sp³-hybridized carbons (Fsp3) is 0.846. The molecule has 14 heavy (non-hydrogen) atoms. The Balaban J connectivity index is 2.10. The first-order valence-corrected chi connectivity index (χ1v) is 9.72. The van der Waals surface area contributed by atoms with Crippen molar-refractivity contribution < 1.29 is 0 Å². The molecule has 0 amide bonds. The second-order valence-electron chi connectivity index (χ2n) is 6.47. The topological polar surface area (TPSA) is 0 Å². The van der Waals surface area contributed by atoms with Gasteiger partial charge >= 0.3 is 0 Å². The van der Waals surface area contributed by atoms with Gasteiger partial charge < -0.3 is 0 Å². The van der Waals surface area contributed by atoms with Crippen LogP contribution in [0.1, 0.15) is 25.7 Å². The van der Waals surface area contributed by atoms with Gasteiger partial charge in [-0.25, -0.2) is 0 Å². The maximum atomic E-state index is 4.09. The number of allylic oxidation sites excluding steroid dienone is 1. The Morgan fingerprint density at radius 3 is 2.29 bits per heavy atom. The van der Waals surface area contributed by atoms with E-state index in [2.05, 4.69) is 32.3 Å². The van der Waals surface area contributed by atoms with E-state index in [9.17, 15) is 0 Å². The predicted octanol–water partition coefficient (Wildman–Crippen LogP) is 4.32. The van der Waals surface area contributed by atoms with Crippen LogP contribution in [-0.2, 0) is 0 Å². The van der Waals surface area contributed by atoms with E-state index in [1.807, 2.05) is 0 Å². The van der Waals surface area contributed by atoms with E-state index in [1.54, 1.807) is 6.42 Å². The molecule has 2 rings (SSSR count). The number of hydrogen-bond acceptors (Lipinski definition) is 0. The van der Waals surface area contributed by atoms with Gasteiger partial charge in [-0.1, -0.05) is 32.1 Å². The van der Waals surface area contributed by atoms with Crippen molar-refractivity contribution in [3.05, 3.63) is 12.7 Å². The first-order valence-electron chi connectivity index (χ1n) is 6.15. The minimum Gasteiger partial charge on any atom is -0.103 e. The van der Waals surface area contributed by atoms with Crippen LogP contribution < -0.4 is 0 Å². The SMILES string of the molecule is C=CC([C@@H]1C[C@H]2CC[C@@H]1C2)[Si](C)(C)C. The minimum absolute atomic E-state index is 0.873. The van der Waals surface area contributed by atoms with Crippen LogP contribution in [-0.4, -0.2) is 8.07 Å². The Morgan fingerprint density at radius 1 is 1.21 bits per heavy atom. The first kappa shape index (κ1) is 10.5. The van der Waals surface area contributed by atoms with Gasteiger partial charge in [-0.3, -0.25) is 0 Å². The summed E-state index contributed by atoms with van der Waals surface area (Å²) < 4.78 is 0. The molecule has 0 aromatic heterocycles. The number of hydrogen-bond donors (Lipinski definition) is 0. The predicted molar refractivity (Wildman–Crippen MR) is 66.2 cm³/mol. The molecular weight excluding hydrogens is 184 g/mol. The molecule has 0 radical (unpaired) electrons. The average Bonchev–Trinajstić information content (AvgIpc) is 2.63. The third-order valence-corrected chi connectivity index (χ3v) is 7.17. The van der Waals surface area contributed by atoms with Gasteiger partial charge in [0, 0.05) is 0 Å². The largest absolute Gasteiger partial charge is 0.103 e. The normalized spacial score (nSPS) is 38.6. The minimum atomic E-state index is -1.01. The van der Waals surface area contributed by atoms with E-state index in [1.165, 1.54) is 19.3 Å². The second kappa shape index (κ2) is 3.51. The van der Waals surface area contributed by atoms with E-state index >= 15 is 0 Å². The van der Waals surface area contributed by atoms with Crippen molar-refractivity contribution in [2.24, 2.45) is 17.8 Å². The molecule has 80 valence electrons. The molecule has 0 aliphatic heterocycles. The molecule has 0 saturated heterocycles. The second-order valence-corrected chi connectivity index (χ2v) is 11.9. The average molecular weight is 208 g/mol. The van der Waals surface area contributed by atoms with Crippen molar-refractivity contribution in [2.45, 2.75) is 50.9 Å². The summed E-state index contributed by atoms with van der Waals surface area (Å²) in [6.07, 6.45) is 8.39. The van der Waals surface area contributed by atoms with Crippen LogP contribution in [0.25, 0.3) is 0 Å². The van der Waals surface area contributed by atoms with Gasteiger partial charge in [-0.05, 0) is 42.6 Å². The van der Waals surface area contributed by atoms with Crippen LogP contribution in [0, 0.1) is 17.8 Å². The summed E-state index contributed by atoms with van der Waals surface area (Å²) in [7, 11) is -1.01. The lowest BCUT2D eigenvalue weighted by atomic mass is 9.86. The lowest BCUT2D eigenvalue weighted by Crippen LogP contribution is -2.34. The molecule has 2 aliphatic carbocycles. The molecule has 1 heteroatoms. The third kappa shape index (κ3) is 1.71. The summed E-state index contributed by atoms with van der Waals surface area (Å²) in [5.74, 6) is 3.16. The zero-order chi connectivity index (χ0) is 10.3. The van der Waals surface area contributed by atoms with Gasteiger partial charge in [0.1, 0.15) is 0 Å². The number of rotatable bonds is 3. The van der Waals surface area contributed by atoms with Crippen molar-refractivity contribution in [3.63, 3.8) is 0 Å². The first-order chi connectivity index (χ1) is 6.52. The van der Waals surface area contributed by atoms with E-state index in [-0.39, 0.29) is 0 Å². The molecule has 0 aromatic rings. The van der Waals surface area contributed by atoms with Crippen molar-refractivity contribution >= 4 is 8.07 Å². The molecule has 2 aliphatic rings. The van der Waals surface area contributed by atoms with Crippen LogP contribution in [0.2, 0.25) is 25.2 Å². The highest BCUT2D eigenvalue weighted by atomic mass is 28.3. The Morgan fingerprint density at radius 2 is 1.93 bits per heavy atom. The van der Waals surface area contributed by atoms with Crippen molar-refractivity contribution in [1.29, 1.82) is 0 Å². The van der Waals surface area contributed by atoms with E-state index in [0.29, 0.717) is 0 Å². The summed E-state index contributed by atoms with van der Waals surface area (Å²) in [5.41, 5.74) is 0.873. The summed E-state index contributed by atoms with van der Waals surface area (Å²) in [6.45, 7) is 11.6. The maximum absolute atomic E-state index is 4.09. The lowest BCUT2D eigenvalue weighted by Gasteiger charge is -2.36. The van der Waals surface area contributed by atoms with E-state index < -0.39 is 8.07 Å². The molecule has 2 fully saturated rings. The van der Waals surface area contributed by atoms with Gasteiger partial charge in [-0.2, -0.15) is 0 Å². The van der Waals surface area contributed by atoms with Gasteiger partial charge in [0.25, 0.3) is 0 Å². The van der Waals surface area contributed by atoms with E-state index in [4.69, 9.17) is 0 Å². The summed E-state index contributed by atoms with van der Waals surface area (Å²) >= 11 is 0. The van der Waals surface area contributed by atoms with Crippen LogP contribution in [0.3, 0.4) is 0 Å². The summed E-state index contributed by atoms with van der Waals surface area (Å²) in [6, 6.07) is 0. The lowest BCUT2D eigenvalue weighted by molar-refractivity contribution is 0.332. The Bertz CT molecular complexity index is 226. The molecule has 1 unspecified atom stereocenters. The van der Waals surface area contributed by atoms with Crippen LogP contribution in [0.5, 0.6) is 0 Å². The van der Waals surface area contributed by atoms with Crippen molar-refractivity contribution in [1.82, 2.24) is 0 Å². The van der Waals surface area contributed by atoms with Crippen molar-refractivity contribution in [2.75, 3.05) is 0 Å². The van der Waals surface area contributed by atoms with Crippen LogP contribution >= 0.6 is 0 Å². The zero-order valence-corrected chi connectivity index (χ0v) is 10.9. The quantitative estimate of drug-likeness (QED) is 0.479. The maximum Gasteiger partial charge on any atom is 0.0517 e. The molecule has 0 N–H and O–H groups in total. The van der Waals surface area contributed by atoms with Crippen molar-refractivity contribution in [3.8, 4) is 0 Å². The molecule has 4 atom stereocenters. The third-order valence-electron chi connectivity index (χ3n) is 4.51.